The van der Waals surface area contributed by atoms with E-state index in [0.717, 1.165) is 6.08 Å². The largest absolute Gasteiger partial charge is 0.508 e. The third kappa shape index (κ3) is 1.60. The van der Waals surface area contributed by atoms with Gasteiger partial charge in [0.1, 0.15) is 5.76 Å². The van der Waals surface area contributed by atoms with Crippen LogP contribution in [0.4, 0.5) is 0 Å². The number of hydrogen-bond acceptors (Lipinski definition) is 4. The number of sulfonamides is 1. The SMILES string of the molecule is CC1C=CC(O)=CC1(N)S(N)(=O)=O. The highest BCUT2D eigenvalue weighted by molar-refractivity contribution is 7.90. The first kappa shape index (κ1) is 10.2. The van der Waals surface area contributed by atoms with Gasteiger partial charge in [0.2, 0.25) is 10.0 Å². The van der Waals surface area contributed by atoms with Gasteiger partial charge < -0.3 is 10.8 Å². The Labute approximate surface area is 76.8 Å². The second-order valence-corrected chi connectivity index (χ2v) is 4.91. The lowest BCUT2D eigenvalue weighted by Crippen LogP contribution is -2.55. The van der Waals surface area contributed by atoms with Crippen LogP contribution >= 0.6 is 0 Å². The summed E-state index contributed by atoms with van der Waals surface area (Å²) in [4.78, 5) is -1.70. The summed E-state index contributed by atoms with van der Waals surface area (Å²) in [5, 5.41) is 14.1. The molecule has 0 saturated heterocycles. The number of rotatable bonds is 1. The second-order valence-electron chi connectivity index (χ2n) is 3.12. The fourth-order valence-corrected chi connectivity index (χ4v) is 2.03. The first-order valence-electron chi connectivity index (χ1n) is 3.68. The monoisotopic (exact) mass is 204 g/mol. The van der Waals surface area contributed by atoms with Crippen LogP contribution in [0.15, 0.2) is 24.0 Å². The Morgan fingerprint density at radius 1 is 1.62 bits per heavy atom. The Balaban J connectivity index is 3.25. The van der Waals surface area contributed by atoms with Crippen molar-refractivity contribution in [2.45, 2.75) is 11.8 Å². The second kappa shape index (κ2) is 2.83. The average molecular weight is 204 g/mol. The number of hydrogen-bond donors (Lipinski definition) is 3. The minimum Gasteiger partial charge on any atom is -0.508 e. The molecule has 6 heteroatoms. The zero-order valence-corrected chi connectivity index (χ0v) is 7.95. The predicted molar refractivity (Wildman–Crippen MR) is 49.0 cm³/mol. The molecule has 0 fully saturated rings. The molecule has 5 N–H and O–H groups in total. The van der Waals surface area contributed by atoms with Crippen LogP contribution in [0.2, 0.25) is 0 Å². The van der Waals surface area contributed by atoms with Crippen LogP contribution in [-0.4, -0.2) is 18.4 Å². The molecule has 0 amide bonds. The smallest absolute Gasteiger partial charge is 0.232 e. The molecule has 0 bridgehead atoms. The van der Waals surface area contributed by atoms with Gasteiger partial charge in [-0.15, -0.1) is 0 Å². The van der Waals surface area contributed by atoms with E-state index in [1.807, 2.05) is 0 Å². The molecular weight excluding hydrogens is 192 g/mol. The molecule has 0 aromatic rings. The van der Waals surface area contributed by atoms with Crippen LogP contribution < -0.4 is 10.9 Å². The number of nitrogens with two attached hydrogens (primary N) is 2. The highest BCUT2D eigenvalue weighted by Gasteiger charge is 2.41. The van der Waals surface area contributed by atoms with Crippen molar-refractivity contribution in [2.24, 2.45) is 16.8 Å². The molecule has 2 unspecified atom stereocenters. The molecule has 1 rings (SSSR count). The van der Waals surface area contributed by atoms with Gasteiger partial charge in [0.05, 0.1) is 0 Å². The van der Waals surface area contributed by atoms with Gasteiger partial charge in [-0.3, -0.25) is 0 Å². The molecule has 1 aliphatic rings. The lowest BCUT2D eigenvalue weighted by molar-refractivity contribution is 0.404. The minimum absolute atomic E-state index is 0.186. The molecule has 0 saturated carbocycles. The lowest BCUT2D eigenvalue weighted by Gasteiger charge is -2.30. The van der Waals surface area contributed by atoms with Crippen molar-refractivity contribution in [3.05, 3.63) is 24.0 Å². The molecule has 0 aromatic heterocycles. The molecule has 0 spiro atoms. The maximum absolute atomic E-state index is 11.1. The Morgan fingerprint density at radius 3 is 2.54 bits per heavy atom. The van der Waals surface area contributed by atoms with E-state index in [1.165, 1.54) is 12.2 Å². The number of aliphatic hydroxyl groups is 1. The molecule has 0 aromatic carbocycles. The van der Waals surface area contributed by atoms with E-state index in [2.05, 4.69) is 0 Å². The van der Waals surface area contributed by atoms with E-state index >= 15 is 0 Å². The maximum atomic E-state index is 11.1. The topological polar surface area (TPSA) is 106 Å². The Hall–Kier alpha value is -0.850. The van der Waals surface area contributed by atoms with E-state index in [1.54, 1.807) is 6.92 Å². The van der Waals surface area contributed by atoms with Crippen molar-refractivity contribution >= 4 is 10.0 Å². The Morgan fingerprint density at radius 2 is 2.15 bits per heavy atom. The average Bonchev–Trinajstić information content (AvgIpc) is 1.95. The highest BCUT2D eigenvalue weighted by Crippen LogP contribution is 2.27. The summed E-state index contributed by atoms with van der Waals surface area (Å²) in [6.45, 7) is 1.61. The minimum atomic E-state index is -3.92. The van der Waals surface area contributed by atoms with Crippen LogP contribution in [0, 0.1) is 5.92 Å². The van der Waals surface area contributed by atoms with Crippen LogP contribution in [-0.2, 0) is 10.0 Å². The van der Waals surface area contributed by atoms with Crippen LogP contribution in [0.1, 0.15) is 6.92 Å². The number of primary sulfonamides is 1. The summed E-state index contributed by atoms with van der Waals surface area (Å²) < 4.78 is 22.3. The molecule has 0 aliphatic heterocycles. The van der Waals surface area contributed by atoms with E-state index in [-0.39, 0.29) is 5.76 Å². The van der Waals surface area contributed by atoms with Crippen molar-refractivity contribution in [3.8, 4) is 0 Å². The van der Waals surface area contributed by atoms with Crippen molar-refractivity contribution in [2.75, 3.05) is 0 Å². The lowest BCUT2D eigenvalue weighted by atomic mass is 9.96. The summed E-state index contributed by atoms with van der Waals surface area (Å²) in [5.41, 5.74) is 5.57. The van der Waals surface area contributed by atoms with Gasteiger partial charge >= 0.3 is 0 Å². The summed E-state index contributed by atoms with van der Waals surface area (Å²) in [6.07, 6.45) is 3.94. The van der Waals surface area contributed by atoms with Gasteiger partial charge in [-0.1, -0.05) is 13.0 Å². The molecule has 0 heterocycles. The molecule has 74 valence electrons. The third-order valence-corrected chi connectivity index (χ3v) is 3.61. The Kier molecular flexibility index (Phi) is 2.23. The normalized spacial score (nSPS) is 34.4. The van der Waals surface area contributed by atoms with Crippen molar-refractivity contribution in [1.29, 1.82) is 0 Å². The van der Waals surface area contributed by atoms with E-state index in [4.69, 9.17) is 16.0 Å². The van der Waals surface area contributed by atoms with E-state index in [9.17, 15) is 8.42 Å². The molecule has 13 heavy (non-hydrogen) atoms. The quantitative estimate of drug-likeness (QED) is 0.539. The van der Waals surface area contributed by atoms with Crippen molar-refractivity contribution in [3.63, 3.8) is 0 Å². The van der Waals surface area contributed by atoms with E-state index in [0.29, 0.717) is 0 Å². The first-order chi connectivity index (χ1) is 5.77. The van der Waals surface area contributed by atoms with Gasteiger partial charge in [-0.05, 0) is 12.2 Å². The predicted octanol–water partition coefficient (Wildman–Crippen LogP) is -0.422. The molecule has 2 atom stereocenters. The fourth-order valence-electron chi connectivity index (χ4n) is 1.15. The van der Waals surface area contributed by atoms with Gasteiger partial charge in [-0.25, -0.2) is 13.6 Å². The molecular formula is C7H12N2O3S. The summed E-state index contributed by atoms with van der Waals surface area (Å²) >= 11 is 0. The van der Waals surface area contributed by atoms with Gasteiger partial charge in [0.15, 0.2) is 4.87 Å². The fraction of sp³-hybridized carbons (Fsp3) is 0.429. The molecule has 0 radical (unpaired) electrons. The zero-order valence-electron chi connectivity index (χ0n) is 7.14. The summed E-state index contributed by atoms with van der Waals surface area (Å²) in [7, 11) is -3.92. The third-order valence-electron chi connectivity index (χ3n) is 2.13. The van der Waals surface area contributed by atoms with Crippen molar-refractivity contribution < 1.29 is 13.5 Å². The van der Waals surface area contributed by atoms with Gasteiger partial charge in [0, 0.05) is 5.92 Å². The molecule has 1 aliphatic carbocycles. The van der Waals surface area contributed by atoms with Gasteiger partial charge in [-0.2, -0.15) is 0 Å². The van der Waals surface area contributed by atoms with E-state index < -0.39 is 20.8 Å². The van der Waals surface area contributed by atoms with Crippen LogP contribution in [0.25, 0.3) is 0 Å². The van der Waals surface area contributed by atoms with Crippen LogP contribution in [0.3, 0.4) is 0 Å². The van der Waals surface area contributed by atoms with Gasteiger partial charge in [0.25, 0.3) is 0 Å². The zero-order chi connectivity index (χ0) is 10.3. The standard InChI is InChI=1S/C7H12N2O3S/c1-5-2-3-6(10)4-7(5,8)13(9,11)12/h2-5,10H,8H2,1H3,(H2,9,11,12). The Bertz CT molecular complexity index is 371. The highest BCUT2D eigenvalue weighted by atomic mass is 32.2. The number of aliphatic hydroxyl groups excluding tert-OH is 1. The van der Waals surface area contributed by atoms with Crippen LogP contribution in [0.5, 0.6) is 0 Å². The van der Waals surface area contributed by atoms with Crippen molar-refractivity contribution in [1.82, 2.24) is 0 Å². The summed E-state index contributed by atoms with van der Waals surface area (Å²) in [6, 6.07) is 0. The maximum Gasteiger partial charge on any atom is 0.232 e. The molecule has 5 nitrogen and oxygen atoms in total. The summed E-state index contributed by atoms with van der Waals surface area (Å²) in [5.74, 6) is -0.645. The first-order valence-corrected chi connectivity index (χ1v) is 5.23. The number of allylic oxidation sites excluding steroid dienone is 1.